The van der Waals surface area contributed by atoms with E-state index < -0.39 is 0 Å². The molecule has 1 saturated heterocycles. The van der Waals surface area contributed by atoms with E-state index in [0.717, 1.165) is 37.4 Å². The minimum Gasteiger partial charge on any atom is -0.507 e. The number of phenolic OH excluding ortho intramolecular Hbond substituents is 1. The van der Waals surface area contributed by atoms with Gasteiger partial charge in [0.25, 0.3) is 0 Å². The van der Waals surface area contributed by atoms with Crippen molar-refractivity contribution in [2.45, 2.75) is 32.9 Å². The maximum Gasteiger partial charge on any atom is 0.123 e. The van der Waals surface area contributed by atoms with Gasteiger partial charge in [0.1, 0.15) is 11.5 Å². The van der Waals surface area contributed by atoms with Crippen LogP contribution in [0.25, 0.3) is 0 Å². The first kappa shape index (κ1) is 16.1. The highest BCUT2D eigenvalue weighted by molar-refractivity contribution is 5.39. The lowest BCUT2D eigenvalue weighted by molar-refractivity contribution is 0.249. The topological polar surface area (TPSA) is 35.9 Å². The molecule has 1 N–H and O–H groups in total. The second-order valence-corrected chi connectivity index (χ2v) is 6.34. The fourth-order valence-electron chi connectivity index (χ4n) is 3.08. The lowest BCUT2D eigenvalue weighted by atomic mass is 10.1. The van der Waals surface area contributed by atoms with Crippen LogP contribution in [0.4, 0.5) is 0 Å². The van der Waals surface area contributed by atoms with Crippen molar-refractivity contribution in [1.82, 2.24) is 9.80 Å². The summed E-state index contributed by atoms with van der Waals surface area (Å²) in [7, 11) is 4.28. The number of nitrogens with zero attached hydrogens (tertiary/aromatic N) is 2. The molecular formula is C17H28N2O2. The first-order valence-electron chi connectivity index (χ1n) is 7.84. The van der Waals surface area contributed by atoms with E-state index in [4.69, 9.17) is 4.74 Å². The first-order valence-corrected chi connectivity index (χ1v) is 7.84. The SMILES string of the molecule is CCCOc1ccc(CN2CC(C)C(N(C)C)C2)c(O)c1. The fourth-order valence-corrected chi connectivity index (χ4v) is 3.08. The number of rotatable bonds is 6. The summed E-state index contributed by atoms with van der Waals surface area (Å²) in [6.45, 7) is 8.00. The molecule has 2 rings (SSSR count). The highest BCUT2D eigenvalue weighted by Gasteiger charge is 2.31. The largest absolute Gasteiger partial charge is 0.507 e. The van der Waals surface area contributed by atoms with Crippen LogP contribution in [0.15, 0.2) is 18.2 Å². The molecule has 0 radical (unpaired) electrons. The van der Waals surface area contributed by atoms with E-state index in [1.54, 1.807) is 6.07 Å². The van der Waals surface area contributed by atoms with E-state index in [9.17, 15) is 5.11 Å². The predicted octanol–water partition coefficient (Wildman–Crippen LogP) is 2.56. The molecule has 2 atom stereocenters. The molecule has 1 fully saturated rings. The lowest BCUT2D eigenvalue weighted by Crippen LogP contribution is -2.34. The number of hydrogen-bond acceptors (Lipinski definition) is 4. The van der Waals surface area contributed by atoms with E-state index in [2.05, 4.69) is 37.7 Å². The third-order valence-corrected chi connectivity index (χ3v) is 4.24. The van der Waals surface area contributed by atoms with Crippen LogP contribution in [0.2, 0.25) is 0 Å². The van der Waals surface area contributed by atoms with Gasteiger partial charge < -0.3 is 14.7 Å². The second kappa shape index (κ2) is 7.14. The molecule has 0 saturated carbocycles. The Morgan fingerprint density at radius 1 is 1.33 bits per heavy atom. The molecule has 0 amide bonds. The van der Waals surface area contributed by atoms with Crippen molar-refractivity contribution in [1.29, 1.82) is 0 Å². The number of hydrogen-bond donors (Lipinski definition) is 1. The molecule has 1 aliphatic rings. The van der Waals surface area contributed by atoms with Gasteiger partial charge in [0, 0.05) is 37.3 Å². The van der Waals surface area contributed by atoms with Crippen LogP contribution in [0.1, 0.15) is 25.8 Å². The van der Waals surface area contributed by atoms with Crippen molar-refractivity contribution < 1.29 is 9.84 Å². The molecule has 4 nitrogen and oxygen atoms in total. The summed E-state index contributed by atoms with van der Waals surface area (Å²) in [5, 5.41) is 10.2. The number of aromatic hydroxyl groups is 1. The van der Waals surface area contributed by atoms with Gasteiger partial charge in [-0.1, -0.05) is 19.9 Å². The van der Waals surface area contributed by atoms with E-state index >= 15 is 0 Å². The number of benzene rings is 1. The summed E-state index contributed by atoms with van der Waals surface area (Å²) in [5.74, 6) is 1.75. The summed E-state index contributed by atoms with van der Waals surface area (Å²) in [6.07, 6.45) is 0.972. The van der Waals surface area contributed by atoms with Gasteiger partial charge in [-0.2, -0.15) is 0 Å². The Morgan fingerprint density at radius 2 is 2.10 bits per heavy atom. The number of likely N-dealkylation sites (N-methyl/N-ethyl adjacent to an activating group) is 1. The summed E-state index contributed by atoms with van der Waals surface area (Å²) in [5.41, 5.74) is 0.977. The Labute approximate surface area is 128 Å². The first-order chi connectivity index (χ1) is 10.0. The molecule has 118 valence electrons. The number of phenols is 1. The van der Waals surface area contributed by atoms with Crippen LogP contribution in [0, 0.1) is 5.92 Å². The second-order valence-electron chi connectivity index (χ2n) is 6.34. The van der Waals surface area contributed by atoms with Crippen LogP contribution in [-0.4, -0.2) is 54.7 Å². The van der Waals surface area contributed by atoms with E-state index in [1.807, 2.05) is 12.1 Å². The maximum atomic E-state index is 10.2. The van der Waals surface area contributed by atoms with Crippen molar-refractivity contribution in [2.24, 2.45) is 5.92 Å². The monoisotopic (exact) mass is 292 g/mol. The molecular weight excluding hydrogens is 264 g/mol. The van der Waals surface area contributed by atoms with Gasteiger partial charge in [-0.25, -0.2) is 0 Å². The van der Waals surface area contributed by atoms with Crippen LogP contribution in [0.5, 0.6) is 11.5 Å². The minimum atomic E-state index is 0.338. The van der Waals surface area contributed by atoms with E-state index in [-0.39, 0.29) is 0 Å². The number of likely N-dealkylation sites (tertiary alicyclic amines) is 1. The van der Waals surface area contributed by atoms with Crippen LogP contribution < -0.4 is 4.74 Å². The molecule has 2 unspecified atom stereocenters. The van der Waals surface area contributed by atoms with Crippen molar-refractivity contribution >= 4 is 0 Å². The van der Waals surface area contributed by atoms with Gasteiger partial charge in [-0.15, -0.1) is 0 Å². The van der Waals surface area contributed by atoms with Gasteiger partial charge in [0.05, 0.1) is 6.61 Å². The fraction of sp³-hybridized carbons (Fsp3) is 0.647. The van der Waals surface area contributed by atoms with Gasteiger partial charge >= 0.3 is 0 Å². The van der Waals surface area contributed by atoms with Crippen molar-refractivity contribution in [3.8, 4) is 11.5 Å². The Morgan fingerprint density at radius 3 is 2.67 bits per heavy atom. The van der Waals surface area contributed by atoms with E-state index in [1.165, 1.54) is 0 Å². The lowest BCUT2D eigenvalue weighted by Gasteiger charge is -2.22. The summed E-state index contributed by atoms with van der Waals surface area (Å²) < 4.78 is 5.55. The zero-order chi connectivity index (χ0) is 15.4. The normalized spacial score (nSPS) is 22.9. The van der Waals surface area contributed by atoms with Gasteiger partial charge in [0.2, 0.25) is 0 Å². The predicted molar refractivity (Wildman–Crippen MR) is 85.8 cm³/mol. The maximum absolute atomic E-state index is 10.2. The summed E-state index contributed by atoms with van der Waals surface area (Å²) in [6, 6.07) is 6.26. The highest BCUT2D eigenvalue weighted by atomic mass is 16.5. The average molecular weight is 292 g/mol. The van der Waals surface area contributed by atoms with Gasteiger partial charge in [-0.05, 0) is 32.5 Å². The Balaban J connectivity index is 1.97. The molecule has 1 aromatic rings. The molecule has 1 aliphatic heterocycles. The highest BCUT2D eigenvalue weighted by Crippen LogP contribution is 2.28. The molecule has 0 bridgehead atoms. The Hall–Kier alpha value is -1.26. The zero-order valence-electron chi connectivity index (χ0n) is 13.7. The molecule has 1 heterocycles. The van der Waals surface area contributed by atoms with Crippen LogP contribution >= 0.6 is 0 Å². The molecule has 0 aromatic heterocycles. The smallest absolute Gasteiger partial charge is 0.123 e. The zero-order valence-corrected chi connectivity index (χ0v) is 13.7. The standard InChI is InChI=1S/C17H28N2O2/c1-5-8-21-15-7-6-14(17(20)9-15)11-19-10-13(2)16(12-19)18(3)4/h6-7,9,13,16,20H,5,8,10-12H2,1-4H3. The number of ether oxygens (including phenoxy) is 1. The van der Waals surface area contributed by atoms with Gasteiger partial charge in [0.15, 0.2) is 0 Å². The average Bonchev–Trinajstić information content (AvgIpc) is 2.80. The van der Waals surface area contributed by atoms with Crippen LogP contribution in [-0.2, 0) is 6.54 Å². The summed E-state index contributed by atoms with van der Waals surface area (Å²) in [4.78, 5) is 4.71. The molecule has 0 aliphatic carbocycles. The third kappa shape index (κ3) is 4.11. The van der Waals surface area contributed by atoms with E-state index in [0.29, 0.717) is 24.3 Å². The van der Waals surface area contributed by atoms with Gasteiger partial charge in [-0.3, -0.25) is 4.90 Å². The van der Waals surface area contributed by atoms with Crippen molar-refractivity contribution in [2.75, 3.05) is 33.8 Å². The third-order valence-electron chi connectivity index (χ3n) is 4.24. The minimum absolute atomic E-state index is 0.338. The molecule has 21 heavy (non-hydrogen) atoms. The van der Waals surface area contributed by atoms with Crippen molar-refractivity contribution in [3.63, 3.8) is 0 Å². The Bertz CT molecular complexity index is 462. The Kier molecular flexibility index (Phi) is 5.48. The quantitative estimate of drug-likeness (QED) is 0.874. The summed E-state index contributed by atoms with van der Waals surface area (Å²) >= 11 is 0. The van der Waals surface area contributed by atoms with Crippen LogP contribution in [0.3, 0.4) is 0 Å². The molecule has 1 aromatic carbocycles. The van der Waals surface area contributed by atoms with Crippen molar-refractivity contribution in [3.05, 3.63) is 23.8 Å². The molecule has 0 spiro atoms. The molecule has 4 heteroatoms.